The largest absolute Gasteiger partial charge is 0.598 e. The van der Waals surface area contributed by atoms with Gasteiger partial charge in [-0.3, -0.25) is 0 Å². The van der Waals surface area contributed by atoms with Gasteiger partial charge in [0, 0.05) is 16.9 Å². The molecule has 1 aromatic carbocycles. The molecule has 0 saturated carbocycles. The molecule has 0 bridgehead atoms. The minimum Gasteiger partial charge on any atom is -0.598 e. The Morgan fingerprint density at radius 1 is 1.33 bits per heavy atom. The van der Waals surface area contributed by atoms with E-state index in [1.807, 2.05) is 6.92 Å². The van der Waals surface area contributed by atoms with Crippen LogP contribution < -0.4 is 4.72 Å². The van der Waals surface area contributed by atoms with Crippen molar-refractivity contribution in [2.75, 3.05) is 12.4 Å². The van der Waals surface area contributed by atoms with E-state index in [-0.39, 0.29) is 12.4 Å². The maximum atomic E-state index is 14.8. The summed E-state index contributed by atoms with van der Waals surface area (Å²) in [6.07, 6.45) is 1.26. The van der Waals surface area contributed by atoms with Crippen LogP contribution in [-0.4, -0.2) is 28.8 Å². The minimum atomic E-state index is -4.12. The molecule has 0 aliphatic heterocycles. The Morgan fingerprint density at radius 3 is 2.50 bits per heavy atom. The number of rotatable bonds is 9. The van der Waals surface area contributed by atoms with Crippen molar-refractivity contribution in [3.63, 3.8) is 0 Å². The van der Waals surface area contributed by atoms with Gasteiger partial charge < -0.3 is 9.29 Å². The number of esters is 1. The normalized spacial score (nSPS) is 15.6. The molecule has 1 unspecified atom stereocenters. The number of carbonyl (C=O) groups excluding carboxylic acids is 1. The molecule has 8 heteroatoms. The Hall–Kier alpha value is -1.25. The summed E-state index contributed by atoms with van der Waals surface area (Å²) >= 11 is -1.87. The summed E-state index contributed by atoms with van der Waals surface area (Å²) in [7, 11) is 0. The summed E-state index contributed by atoms with van der Waals surface area (Å²) < 4.78 is 62.5. The number of alkyl halides is 2. The van der Waals surface area contributed by atoms with Crippen molar-refractivity contribution in [3.05, 3.63) is 35.6 Å². The molecule has 0 fully saturated rings. The second kappa shape index (κ2) is 8.73. The highest BCUT2D eigenvalue weighted by Gasteiger charge is 2.61. The number of hydrogen-bond acceptors (Lipinski definition) is 4. The lowest BCUT2D eigenvalue weighted by Gasteiger charge is -2.36. The quantitative estimate of drug-likeness (QED) is 0.539. The minimum absolute atomic E-state index is 0.111. The summed E-state index contributed by atoms with van der Waals surface area (Å²) in [5, 5.41) is 0. The van der Waals surface area contributed by atoms with Gasteiger partial charge in [-0.15, -0.1) is 4.72 Å². The van der Waals surface area contributed by atoms with Gasteiger partial charge in [-0.2, -0.15) is 8.78 Å². The van der Waals surface area contributed by atoms with Gasteiger partial charge in [0.15, 0.2) is 5.54 Å². The van der Waals surface area contributed by atoms with Crippen molar-refractivity contribution in [2.24, 2.45) is 0 Å². The van der Waals surface area contributed by atoms with E-state index < -0.39 is 40.2 Å². The summed E-state index contributed by atoms with van der Waals surface area (Å²) in [5.74, 6) is -6.73. The van der Waals surface area contributed by atoms with Crippen LogP contribution in [0.15, 0.2) is 24.3 Å². The maximum Gasteiger partial charge on any atom is 0.379 e. The Morgan fingerprint density at radius 2 is 1.96 bits per heavy atom. The van der Waals surface area contributed by atoms with E-state index in [1.165, 1.54) is 19.1 Å². The van der Waals surface area contributed by atoms with Gasteiger partial charge in [0.1, 0.15) is 11.6 Å². The first-order valence-electron chi connectivity index (χ1n) is 7.66. The molecular formula is C16H22F3NO3S. The van der Waals surface area contributed by atoms with Crippen LogP contribution >= 0.6 is 0 Å². The van der Waals surface area contributed by atoms with Gasteiger partial charge in [-0.05, 0) is 26.3 Å². The maximum absolute atomic E-state index is 14.8. The molecular weight excluding hydrogens is 343 g/mol. The Kier molecular flexibility index (Phi) is 7.56. The average Bonchev–Trinajstić information content (AvgIpc) is 2.53. The summed E-state index contributed by atoms with van der Waals surface area (Å²) in [4.78, 5) is 11.8. The molecule has 0 aliphatic rings. The summed E-state index contributed by atoms with van der Waals surface area (Å²) in [6.45, 7) is 3.95. The van der Waals surface area contributed by atoms with Crippen LogP contribution in [0.4, 0.5) is 13.2 Å². The molecule has 0 saturated heterocycles. The number of halogens is 3. The molecule has 0 heterocycles. The number of benzene rings is 1. The second-order valence-corrected chi connectivity index (χ2v) is 6.71. The van der Waals surface area contributed by atoms with Crippen LogP contribution in [0.5, 0.6) is 0 Å². The molecule has 0 spiro atoms. The molecule has 1 aromatic rings. The first-order chi connectivity index (χ1) is 11.2. The van der Waals surface area contributed by atoms with E-state index in [0.29, 0.717) is 6.42 Å². The lowest BCUT2D eigenvalue weighted by Crippen LogP contribution is -2.60. The van der Waals surface area contributed by atoms with Crippen LogP contribution in [0.1, 0.15) is 39.2 Å². The van der Waals surface area contributed by atoms with Crippen molar-refractivity contribution < 1.29 is 27.3 Å². The van der Waals surface area contributed by atoms with Crippen LogP contribution in [-0.2, 0) is 26.4 Å². The monoisotopic (exact) mass is 365 g/mol. The second-order valence-electron chi connectivity index (χ2n) is 5.40. The molecule has 136 valence electrons. The van der Waals surface area contributed by atoms with Crippen LogP contribution in [0, 0.1) is 5.82 Å². The molecule has 4 nitrogen and oxygen atoms in total. The van der Waals surface area contributed by atoms with Gasteiger partial charge in [0.25, 0.3) is 0 Å². The number of ether oxygens (including phenoxy) is 1. The van der Waals surface area contributed by atoms with Gasteiger partial charge in [0.2, 0.25) is 0 Å². The Labute approximate surface area is 143 Å². The number of unbranched alkanes of at least 4 members (excludes halogenated alkanes) is 1. The Bertz CT molecular complexity index is 559. The molecule has 0 radical (unpaired) electrons. The summed E-state index contributed by atoms with van der Waals surface area (Å²) in [5.41, 5.74) is -2.96. The Balaban J connectivity index is 3.30. The molecule has 1 N–H and O–H groups in total. The number of carbonyl (C=O) groups is 1. The van der Waals surface area contributed by atoms with Gasteiger partial charge in [0.05, 0.1) is 6.61 Å². The van der Waals surface area contributed by atoms with Crippen molar-refractivity contribution in [3.8, 4) is 0 Å². The van der Waals surface area contributed by atoms with E-state index in [9.17, 15) is 22.5 Å². The molecule has 0 amide bonds. The van der Waals surface area contributed by atoms with Crippen molar-refractivity contribution in [1.82, 2.24) is 4.72 Å². The van der Waals surface area contributed by atoms with Gasteiger partial charge in [-0.1, -0.05) is 31.5 Å². The van der Waals surface area contributed by atoms with Gasteiger partial charge in [-0.25, -0.2) is 9.18 Å². The first-order valence-corrected chi connectivity index (χ1v) is 8.98. The number of hydrogen-bond donors (Lipinski definition) is 1. The molecule has 0 aliphatic carbocycles. The topological polar surface area (TPSA) is 61.4 Å². The predicted octanol–water partition coefficient (Wildman–Crippen LogP) is 3.29. The lowest BCUT2D eigenvalue weighted by atomic mass is 9.86. The fourth-order valence-corrected chi connectivity index (χ4v) is 3.48. The van der Waals surface area contributed by atoms with E-state index in [4.69, 9.17) is 0 Å². The zero-order valence-corrected chi connectivity index (χ0v) is 14.7. The molecule has 2 atom stereocenters. The first kappa shape index (κ1) is 20.8. The van der Waals surface area contributed by atoms with E-state index in [0.717, 1.165) is 25.5 Å². The van der Waals surface area contributed by atoms with Crippen molar-refractivity contribution in [1.29, 1.82) is 0 Å². The SMILES string of the molecule is CCCC[S+]([O-])N[C@](C)(c1ccccc1F)C(F)(F)C(=O)OCC. The fraction of sp³-hybridized carbons (Fsp3) is 0.562. The summed E-state index contributed by atoms with van der Waals surface area (Å²) in [6, 6.07) is 4.85. The smallest absolute Gasteiger partial charge is 0.379 e. The average molecular weight is 365 g/mol. The van der Waals surface area contributed by atoms with Crippen LogP contribution in [0.2, 0.25) is 0 Å². The van der Waals surface area contributed by atoms with Gasteiger partial charge >= 0.3 is 11.9 Å². The van der Waals surface area contributed by atoms with Crippen molar-refractivity contribution in [2.45, 2.75) is 45.1 Å². The fourth-order valence-electron chi connectivity index (χ4n) is 2.13. The third kappa shape index (κ3) is 4.43. The van der Waals surface area contributed by atoms with Crippen molar-refractivity contribution >= 4 is 17.3 Å². The van der Waals surface area contributed by atoms with E-state index in [2.05, 4.69) is 9.46 Å². The number of nitrogens with one attached hydrogen (secondary N) is 1. The lowest BCUT2D eigenvalue weighted by molar-refractivity contribution is -0.183. The third-order valence-corrected chi connectivity index (χ3v) is 4.87. The standard InChI is InChI=1S/C16H22F3NO3S/c1-4-6-11-24(22)20-15(3,12-9-7-8-10-13(12)17)16(18,19)14(21)23-5-2/h7-10,20H,4-6,11H2,1-3H3/t15-,24?/m1/s1. The zero-order valence-electron chi connectivity index (χ0n) is 13.9. The van der Waals surface area contributed by atoms with Crippen LogP contribution in [0.3, 0.4) is 0 Å². The van der Waals surface area contributed by atoms with E-state index >= 15 is 0 Å². The predicted molar refractivity (Wildman–Crippen MR) is 86.4 cm³/mol. The third-order valence-electron chi connectivity index (χ3n) is 3.57. The highest BCUT2D eigenvalue weighted by molar-refractivity contribution is 7.89. The highest BCUT2D eigenvalue weighted by atomic mass is 32.2. The molecule has 1 rings (SSSR count). The zero-order chi connectivity index (χ0) is 18.4. The molecule has 24 heavy (non-hydrogen) atoms. The highest BCUT2D eigenvalue weighted by Crippen LogP contribution is 2.40. The van der Waals surface area contributed by atoms with E-state index in [1.54, 1.807) is 0 Å². The molecule has 0 aromatic heterocycles. The van der Waals surface area contributed by atoms with Crippen LogP contribution in [0.25, 0.3) is 0 Å².